The fraction of sp³-hybridized carbons (Fsp3) is 0.611. The van der Waals surface area contributed by atoms with Gasteiger partial charge in [-0.25, -0.2) is 4.79 Å². The molecule has 23 heavy (non-hydrogen) atoms. The smallest absolute Gasteiger partial charge is 0.317 e. The minimum atomic E-state index is 0.0480. The first kappa shape index (κ1) is 16.1. The van der Waals surface area contributed by atoms with Crippen molar-refractivity contribution >= 4 is 6.03 Å². The Hall–Kier alpha value is -1.75. The largest absolute Gasteiger partial charge is 0.497 e. The predicted octanol–water partition coefficient (Wildman–Crippen LogP) is 2.47. The number of rotatable bonds is 4. The molecule has 2 amide bonds. The molecule has 1 aromatic rings. The van der Waals surface area contributed by atoms with Crippen LogP contribution in [0.5, 0.6) is 5.75 Å². The Morgan fingerprint density at radius 2 is 1.78 bits per heavy atom. The lowest BCUT2D eigenvalue weighted by Gasteiger charge is -2.38. The van der Waals surface area contributed by atoms with Gasteiger partial charge in [0.15, 0.2) is 0 Å². The van der Waals surface area contributed by atoms with Crippen molar-refractivity contribution in [3.8, 4) is 5.75 Å². The van der Waals surface area contributed by atoms with Crippen LogP contribution in [0.1, 0.15) is 31.2 Å². The third-order valence-electron chi connectivity index (χ3n) is 5.05. The zero-order chi connectivity index (χ0) is 16.1. The molecule has 0 spiro atoms. The molecule has 1 saturated heterocycles. The van der Waals surface area contributed by atoms with Crippen LogP contribution in [0.15, 0.2) is 24.3 Å². The van der Waals surface area contributed by atoms with Crippen LogP contribution in [0, 0.1) is 0 Å². The number of hydrogen-bond acceptors (Lipinski definition) is 3. The van der Waals surface area contributed by atoms with Gasteiger partial charge in [-0.3, -0.25) is 4.90 Å². The maximum absolute atomic E-state index is 12.3. The van der Waals surface area contributed by atoms with E-state index in [0.717, 1.165) is 43.5 Å². The van der Waals surface area contributed by atoms with Crippen molar-refractivity contribution in [3.05, 3.63) is 29.8 Å². The summed E-state index contributed by atoms with van der Waals surface area (Å²) in [4.78, 5) is 16.8. The summed E-state index contributed by atoms with van der Waals surface area (Å²) in [7, 11) is 1.65. The summed E-state index contributed by atoms with van der Waals surface area (Å²) in [6.45, 7) is 4.27. The van der Waals surface area contributed by atoms with Crippen LogP contribution in [0.25, 0.3) is 0 Å². The first-order valence-corrected chi connectivity index (χ1v) is 8.66. The van der Waals surface area contributed by atoms with Gasteiger partial charge in [-0.05, 0) is 30.5 Å². The van der Waals surface area contributed by atoms with Crippen LogP contribution in [0.4, 0.5) is 4.79 Å². The highest BCUT2D eigenvalue weighted by Gasteiger charge is 2.27. The molecule has 0 aromatic heterocycles. The molecule has 2 aliphatic rings. The van der Waals surface area contributed by atoms with Crippen LogP contribution in [-0.2, 0) is 6.54 Å². The topological polar surface area (TPSA) is 44.8 Å². The molecule has 1 aliphatic carbocycles. The Labute approximate surface area is 138 Å². The second-order valence-corrected chi connectivity index (χ2v) is 6.47. The van der Waals surface area contributed by atoms with E-state index in [0.29, 0.717) is 6.54 Å². The van der Waals surface area contributed by atoms with Gasteiger partial charge in [0.1, 0.15) is 5.75 Å². The van der Waals surface area contributed by atoms with E-state index in [9.17, 15) is 4.79 Å². The number of methoxy groups -OCH3 is 1. The summed E-state index contributed by atoms with van der Waals surface area (Å²) in [6.07, 6.45) is 5.41. The van der Waals surface area contributed by atoms with Gasteiger partial charge in [0.25, 0.3) is 0 Å². The summed E-state index contributed by atoms with van der Waals surface area (Å²) >= 11 is 0. The molecule has 0 bridgehead atoms. The molecule has 5 nitrogen and oxygen atoms in total. The van der Waals surface area contributed by atoms with Crippen molar-refractivity contribution < 1.29 is 9.53 Å². The third-order valence-corrected chi connectivity index (χ3v) is 5.05. The Bertz CT molecular complexity index is 504. The van der Waals surface area contributed by atoms with E-state index in [2.05, 4.69) is 10.2 Å². The Kier molecular flexibility index (Phi) is 5.39. The lowest BCUT2D eigenvalue weighted by molar-refractivity contribution is 0.109. The summed E-state index contributed by atoms with van der Waals surface area (Å²) < 4.78 is 5.14. The van der Waals surface area contributed by atoms with Gasteiger partial charge in [-0.2, -0.15) is 0 Å². The first-order chi connectivity index (χ1) is 11.3. The molecule has 1 aliphatic heterocycles. The third kappa shape index (κ3) is 4.16. The number of piperazine rings is 1. The van der Waals surface area contributed by atoms with Crippen molar-refractivity contribution in [1.82, 2.24) is 15.1 Å². The maximum Gasteiger partial charge on any atom is 0.317 e. The minimum Gasteiger partial charge on any atom is -0.497 e. The quantitative estimate of drug-likeness (QED) is 0.928. The maximum atomic E-state index is 12.3. The first-order valence-electron chi connectivity index (χ1n) is 8.66. The molecule has 0 unspecified atom stereocenters. The molecule has 1 saturated carbocycles. The molecule has 126 valence electrons. The highest BCUT2D eigenvalue weighted by atomic mass is 16.5. The van der Waals surface area contributed by atoms with Crippen LogP contribution in [0.2, 0.25) is 0 Å². The van der Waals surface area contributed by atoms with Crippen molar-refractivity contribution in [2.24, 2.45) is 0 Å². The van der Waals surface area contributed by atoms with E-state index in [-0.39, 0.29) is 6.03 Å². The Morgan fingerprint density at radius 3 is 2.39 bits per heavy atom. The number of urea groups is 1. The zero-order valence-corrected chi connectivity index (χ0v) is 14.0. The van der Waals surface area contributed by atoms with Crippen molar-refractivity contribution in [3.63, 3.8) is 0 Å². The molecule has 3 rings (SSSR count). The summed E-state index contributed by atoms with van der Waals surface area (Å²) in [5, 5.41) is 3.02. The molecular weight excluding hydrogens is 290 g/mol. The summed E-state index contributed by atoms with van der Waals surface area (Å²) in [5.74, 6) is 0.836. The van der Waals surface area contributed by atoms with E-state index in [1.165, 1.54) is 25.7 Å². The van der Waals surface area contributed by atoms with E-state index < -0.39 is 0 Å². The van der Waals surface area contributed by atoms with Crippen molar-refractivity contribution in [2.45, 2.75) is 38.3 Å². The number of carbonyl (C=O) groups excluding carboxylic acids is 1. The van der Waals surface area contributed by atoms with Crippen molar-refractivity contribution in [1.29, 1.82) is 0 Å². The monoisotopic (exact) mass is 317 g/mol. The van der Waals surface area contributed by atoms with Gasteiger partial charge < -0.3 is 15.0 Å². The fourth-order valence-electron chi connectivity index (χ4n) is 3.59. The molecule has 1 N–H and O–H groups in total. The Balaban J connectivity index is 1.42. The normalized spacial score (nSPS) is 19.8. The SMILES string of the molecule is COc1ccc(CNC(=O)N2CCN(C3CCCC3)CC2)cc1. The van der Waals surface area contributed by atoms with E-state index in [1.54, 1.807) is 7.11 Å². The molecule has 1 heterocycles. The van der Waals surface area contributed by atoms with Crippen LogP contribution < -0.4 is 10.1 Å². The average molecular weight is 317 g/mol. The van der Waals surface area contributed by atoms with Crippen molar-refractivity contribution in [2.75, 3.05) is 33.3 Å². The van der Waals surface area contributed by atoms with Crippen LogP contribution in [0.3, 0.4) is 0 Å². The van der Waals surface area contributed by atoms with Gasteiger partial charge in [0, 0.05) is 38.8 Å². The molecule has 2 fully saturated rings. The van der Waals surface area contributed by atoms with Crippen LogP contribution in [-0.4, -0.2) is 55.2 Å². The van der Waals surface area contributed by atoms with Gasteiger partial charge >= 0.3 is 6.03 Å². The molecule has 0 atom stereocenters. The molecule has 1 aromatic carbocycles. The fourth-order valence-corrected chi connectivity index (χ4v) is 3.59. The number of ether oxygens (including phenoxy) is 1. The van der Waals surface area contributed by atoms with Gasteiger partial charge in [0.2, 0.25) is 0 Å². The number of nitrogens with one attached hydrogen (secondary N) is 1. The second kappa shape index (κ2) is 7.68. The summed E-state index contributed by atoms with van der Waals surface area (Å²) in [6, 6.07) is 8.62. The minimum absolute atomic E-state index is 0.0480. The number of carbonyl (C=O) groups is 1. The number of amides is 2. The van der Waals surface area contributed by atoms with E-state index in [1.807, 2.05) is 29.2 Å². The molecular formula is C18H27N3O2. The highest BCUT2D eigenvalue weighted by Crippen LogP contribution is 2.24. The summed E-state index contributed by atoms with van der Waals surface area (Å²) in [5.41, 5.74) is 1.09. The average Bonchev–Trinajstić information content (AvgIpc) is 3.15. The number of hydrogen-bond donors (Lipinski definition) is 1. The Morgan fingerprint density at radius 1 is 1.13 bits per heavy atom. The van der Waals surface area contributed by atoms with Gasteiger partial charge in [0.05, 0.1) is 7.11 Å². The number of benzene rings is 1. The van der Waals surface area contributed by atoms with E-state index in [4.69, 9.17) is 4.74 Å². The van der Waals surface area contributed by atoms with Gasteiger partial charge in [-0.15, -0.1) is 0 Å². The molecule has 0 radical (unpaired) electrons. The molecule has 5 heteroatoms. The standard InChI is InChI=1S/C18H27N3O2/c1-23-17-8-6-15(7-9-17)14-19-18(22)21-12-10-20(11-13-21)16-4-2-3-5-16/h6-9,16H,2-5,10-14H2,1H3,(H,19,22). The number of nitrogens with zero attached hydrogens (tertiary/aromatic N) is 2. The lowest BCUT2D eigenvalue weighted by atomic mass is 10.2. The highest BCUT2D eigenvalue weighted by molar-refractivity contribution is 5.74. The predicted molar refractivity (Wildman–Crippen MR) is 90.6 cm³/mol. The van der Waals surface area contributed by atoms with E-state index >= 15 is 0 Å². The zero-order valence-electron chi connectivity index (χ0n) is 14.0. The lowest BCUT2D eigenvalue weighted by Crippen LogP contribution is -2.53. The second-order valence-electron chi connectivity index (χ2n) is 6.47. The van der Waals surface area contributed by atoms with Crippen LogP contribution >= 0.6 is 0 Å². The van der Waals surface area contributed by atoms with Gasteiger partial charge in [-0.1, -0.05) is 25.0 Å².